The molecule has 0 spiro atoms. The summed E-state index contributed by atoms with van der Waals surface area (Å²) in [4.78, 5) is 14.0. The lowest BCUT2D eigenvalue weighted by atomic mass is 10.1. The Hall–Kier alpha value is -2.46. The predicted molar refractivity (Wildman–Crippen MR) is 143 cm³/mol. The van der Waals surface area contributed by atoms with Gasteiger partial charge in [-0.2, -0.15) is 4.31 Å². The van der Waals surface area contributed by atoms with E-state index in [0.29, 0.717) is 49.9 Å². The van der Waals surface area contributed by atoms with Gasteiger partial charge in [0, 0.05) is 37.7 Å². The van der Waals surface area contributed by atoms with Gasteiger partial charge in [0.05, 0.1) is 30.4 Å². The van der Waals surface area contributed by atoms with E-state index in [0.717, 1.165) is 11.1 Å². The first-order valence-corrected chi connectivity index (χ1v) is 14.0. The number of esters is 1. The first-order chi connectivity index (χ1) is 17.8. The molecule has 1 heterocycles. The summed E-state index contributed by atoms with van der Waals surface area (Å²) in [7, 11) is -2.31. The van der Waals surface area contributed by atoms with Crippen LogP contribution in [0.4, 0.5) is 0 Å². The molecule has 4 rings (SSSR count). The fourth-order valence-corrected chi connectivity index (χ4v) is 6.20. The molecule has 1 fully saturated rings. The number of rotatable bonds is 9. The van der Waals surface area contributed by atoms with E-state index >= 15 is 0 Å². The van der Waals surface area contributed by atoms with Gasteiger partial charge in [0.25, 0.3) is 0 Å². The second-order valence-electron chi connectivity index (χ2n) is 8.67. The second-order valence-corrected chi connectivity index (χ2v) is 11.4. The summed E-state index contributed by atoms with van der Waals surface area (Å²) in [6.45, 7) is 2.76. The quantitative estimate of drug-likeness (QED) is 0.340. The largest absolute Gasteiger partial charge is 0.465 e. The normalized spacial score (nSPS) is 15.9. The van der Waals surface area contributed by atoms with Crippen molar-refractivity contribution in [1.29, 1.82) is 0 Å². The number of ether oxygens (including phenoxy) is 2. The smallest absolute Gasteiger partial charge is 0.337 e. The number of nitrogens with zero attached hydrogens (tertiary/aromatic N) is 2. The average Bonchev–Trinajstić information content (AvgIpc) is 2.92. The third-order valence-corrected chi connectivity index (χ3v) is 8.93. The van der Waals surface area contributed by atoms with Crippen LogP contribution in [-0.4, -0.2) is 63.4 Å². The zero-order valence-electron chi connectivity index (χ0n) is 20.3. The maximum absolute atomic E-state index is 13.1. The fraction of sp³-hybridized carbons (Fsp3) is 0.296. The Balaban J connectivity index is 1.41. The van der Waals surface area contributed by atoms with E-state index in [-0.39, 0.29) is 22.0 Å². The molecule has 37 heavy (non-hydrogen) atoms. The van der Waals surface area contributed by atoms with Crippen LogP contribution in [-0.2, 0) is 26.1 Å². The van der Waals surface area contributed by atoms with E-state index in [1.807, 2.05) is 36.4 Å². The molecule has 0 bridgehead atoms. The molecule has 3 aromatic rings. The highest BCUT2D eigenvalue weighted by molar-refractivity contribution is 7.89. The molecule has 10 heteroatoms. The Bertz CT molecular complexity index is 1310. The molecule has 1 aliphatic rings. The standard InChI is InChI=1S/C27H28Cl2N2O5S/c1-35-27(32)22-8-6-20(7-9-22)19-36-25(21-10-12-23(28)13-11-21)18-30-14-16-31(17-15-30)37(33,34)26-5-3-2-4-24(26)29/h2-13,25H,14-19H2,1H3/t25-/m0/s1. The number of sulfonamides is 1. The van der Waals surface area contributed by atoms with E-state index in [2.05, 4.69) is 4.90 Å². The van der Waals surface area contributed by atoms with Crippen LogP contribution in [0.2, 0.25) is 10.0 Å². The van der Waals surface area contributed by atoms with Crippen LogP contribution < -0.4 is 0 Å². The minimum absolute atomic E-state index is 0.130. The Kier molecular flexibility index (Phi) is 9.23. The van der Waals surface area contributed by atoms with Gasteiger partial charge < -0.3 is 9.47 Å². The topological polar surface area (TPSA) is 76.2 Å². The summed E-state index contributed by atoms with van der Waals surface area (Å²) in [6, 6.07) is 21.1. The van der Waals surface area contributed by atoms with Crippen molar-refractivity contribution in [3.63, 3.8) is 0 Å². The molecule has 0 saturated carbocycles. The molecule has 0 aromatic heterocycles. The zero-order valence-corrected chi connectivity index (χ0v) is 22.7. The van der Waals surface area contributed by atoms with Crippen molar-refractivity contribution in [2.45, 2.75) is 17.6 Å². The van der Waals surface area contributed by atoms with Crippen LogP contribution >= 0.6 is 23.2 Å². The molecule has 196 valence electrons. The van der Waals surface area contributed by atoms with E-state index in [4.69, 9.17) is 32.7 Å². The lowest BCUT2D eigenvalue weighted by Gasteiger charge is -2.36. The Morgan fingerprint density at radius 1 is 0.919 bits per heavy atom. The highest BCUT2D eigenvalue weighted by atomic mass is 35.5. The van der Waals surface area contributed by atoms with Gasteiger partial charge in [0.2, 0.25) is 10.0 Å². The fourth-order valence-electron chi connectivity index (χ4n) is 4.16. The van der Waals surface area contributed by atoms with Gasteiger partial charge in [-0.1, -0.05) is 59.6 Å². The van der Waals surface area contributed by atoms with Crippen molar-refractivity contribution in [1.82, 2.24) is 9.21 Å². The van der Waals surface area contributed by atoms with Gasteiger partial charge in [-0.25, -0.2) is 13.2 Å². The molecule has 1 saturated heterocycles. The maximum atomic E-state index is 13.1. The lowest BCUT2D eigenvalue weighted by molar-refractivity contribution is 0.00771. The van der Waals surface area contributed by atoms with Gasteiger partial charge in [0.15, 0.2) is 0 Å². The van der Waals surface area contributed by atoms with Crippen molar-refractivity contribution in [3.8, 4) is 0 Å². The summed E-state index contributed by atoms with van der Waals surface area (Å²) in [6.07, 6.45) is -0.260. The number of methoxy groups -OCH3 is 1. The minimum atomic E-state index is -3.66. The van der Waals surface area contributed by atoms with E-state index in [9.17, 15) is 13.2 Å². The van der Waals surface area contributed by atoms with Crippen LogP contribution in [0.25, 0.3) is 0 Å². The van der Waals surface area contributed by atoms with Crippen molar-refractivity contribution < 1.29 is 22.7 Å². The van der Waals surface area contributed by atoms with E-state index < -0.39 is 10.0 Å². The van der Waals surface area contributed by atoms with Gasteiger partial charge in [-0.15, -0.1) is 0 Å². The molecule has 3 aromatic carbocycles. The minimum Gasteiger partial charge on any atom is -0.465 e. The molecule has 0 radical (unpaired) electrons. The summed E-state index contributed by atoms with van der Waals surface area (Å²) in [5, 5.41) is 0.861. The van der Waals surface area contributed by atoms with Crippen LogP contribution in [0.1, 0.15) is 27.6 Å². The molecular formula is C27H28Cl2N2O5S. The van der Waals surface area contributed by atoms with E-state index in [1.54, 1.807) is 30.3 Å². The van der Waals surface area contributed by atoms with Crippen LogP contribution in [0, 0.1) is 0 Å². The molecule has 0 unspecified atom stereocenters. The van der Waals surface area contributed by atoms with Gasteiger partial charge in [-0.3, -0.25) is 4.90 Å². The Morgan fingerprint density at radius 3 is 2.19 bits per heavy atom. The summed E-state index contributed by atoms with van der Waals surface area (Å²) < 4.78 is 38.7. The van der Waals surface area contributed by atoms with Gasteiger partial charge in [0.1, 0.15) is 4.90 Å². The highest BCUT2D eigenvalue weighted by Crippen LogP contribution is 2.27. The van der Waals surface area contributed by atoms with Crippen LogP contribution in [0.3, 0.4) is 0 Å². The van der Waals surface area contributed by atoms with Crippen molar-refractivity contribution in [3.05, 3.63) is 99.5 Å². The molecule has 7 nitrogen and oxygen atoms in total. The monoisotopic (exact) mass is 562 g/mol. The number of piperazine rings is 1. The molecule has 1 atom stereocenters. The number of carbonyl (C=O) groups is 1. The Morgan fingerprint density at radius 2 is 1.57 bits per heavy atom. The number of carbonyl (C=O) groups excluding carboxylic acids is 1. The SMILES string of the molecule is COC(=O)c1ccc(CO[C@@H](CN2CCN(S(=O)(=O)c3ccccc3Cl)CC2)c2ccc(Cl)cc2)cc1. The van der Waals surface area contributed by atoms with Crippen molar-refractivity contribution in [2.75, 3.05) is 39.8 Å². The zero-order chi connectivity index (χ0) is 26.4. The number of hydrogen-bond donors (Lipinski definition) is 0. The van der Waals surface area contributed by atoms with Gasteiger partial charge in [-0.05, 0) is 47.5 Å². The molecule has 1 aliphatic heterocycles. The first-order valence-electron chi connectivity index (χ1n) is 11.8. The lowest BCUT2D eigenvalue weighted by Crippen LogP contribution is -2.49. The van der Waals surface area contributed by atoms with Crippen LogP contribution in [0.5, 0.6) is 0 Å². The number of hydrogen-bond acceptors (Lipinski definition) is 6. The van der Waals surface area contributed by atoms with E-state index in [1.165, 1.54) is 17.5 Å². The summed E-state index contributed by atoms with van der Waals surface area (Å²) in [5.74, 6) is -0.387. The third kappa shape index (κ3) is 6.90. The number of benzene rings is 3. The average molecular weight is 564 g/mol. The molecule has 0 N–H and O–H groups in total. The molecular weight excluding hydrogens is 535 g/mol. The molecule has 0 amide bonds. The highest BCUT2D eigenvalue weighted by Gasteiger charge is 2.31. The third-order valence-electron chi connectivity index (χ3n) is 6.28. The summed E-state index contributed by atoms with van der Waals surface area (Å²) in [5.41, 5.74) is 2.37. The second kappa shape index (κ2) is 12.4. The van der Waals surface area contributed by atoms with Gasteiger partial charge >= 0.3 is 5.97 Å². The Labute approximate surface area is 227 Å². The predicted octanol–water partition coefficient (Wildman–Crippen LogP) is 5.04. The van der Waals surface area contributed by atoms with Crippen molar-refractivity contribution in [2.24, 2.45) is 0 Å². The number of halogens is 2. The molecule has 0 aliphatic carbocycles. The first kappa shape index (κ1) is 27.6. The summed E-state index contributed by atoms with van der Waals surface area (Å²) >= 11 is 12.2. The maximum Gasteiger partial charge on any atom is 0.337 e. The van der Waals surface area contributed by atoms with Crippen molar-refractivity contribution >= 4 is 39.2 Å². The van der Waals surface area contributed by atoms with Crippen LogP contribution in [0.15, 0.2) is 77.7 Å².